The molecule has 0 atom stereocenters. The maximum absolute atomic E-state index is 5.93. The molecule has 0 fully saturated rings. The third-order valence-electron chi connectivity index (χ3n) is 2.06. The van der Waals surface area contributed by atoms with Gasteiger partial charge in [0.05, 0.1) is 0 Å². The Morgan fingerprint density at radius 1 is 1.38 bits per heavy atom. The van der Waals surface area contributed by atoms with Crippen molar-refractivity contribution in [3.05, 3.63) is 34.3 Å². The summed E-state index contributed by atoms with van der Waals surface area (Å²) in [7, 11) is 0. The molecule has 13 heavy (non-hydrogen) atoms. The summed E-state index contributed by atoms with van der Waals surface area (Å²) < 4.78 is 0. The van der Waals surface area contributed by atoms with Crippen LogP contribution in [0.5, 0.6) is 0 Å². The zero-order valence-electron chi connectivity index (χ0n) is 8.23. The van der Waals surface area contributed by atoms with Crippen LogP contribution in [0, 0.1) is 6.92 Å². The first-order chi connectivity index (χ1) is 6.24. The summed E-state index contributed by atoms with van der Waals surface area (Å²) in [4.78, 5) is 0. The molecule has 0 aliphatic rings. The van der Waals surface area contributed by atoms with Crippen LogP contribution in [0.3, 0.4) is 0 Å². The van der Waals surface area contributed by atoms with Crippen molar-refractivity contribution in [1.82, 2.24) is 5.32 Å². The van der Waals surface area contributed by atoms with E-state index < -0.39 is 0 Å². The zero-order chi connectivity index (χ0) is 9.68. The third-order valence-corrected chi connectivity index (χ3v) is 2.49. The Morgan fingerprint density at radius 3 is 2.77 bits per heavy atom. The number of nitrogens with one attached hydrogen (secondary N) is 1. The lowest BCUT2D eigenvalue weighted by Gasteiger charge is -2.04. The highest BCUT2D eigenvalue weighted by Gasteiger charge is 1.96. The van der Waals surface area contributed by atoms with Crippen LogP contribution in [0.4, 0.5) is 0 Å². The molecule has 0 aliphatic carbocycles. The Morgan fingerprint density at radius 2 is 2.15 bits per heavy atom. The lowest BCUT2D eigenvalue weighted by atomic mass is 10.1. The highest BCUT2D eigenvalue weighted by molar-refractivity contribution is 6.31. The molecule has 1 aromatic carbocycles. The summed E-state index contributed by atoms with van der Waals surface area (Å²) >= 11 is 5.93. The fourth-order valence-corrected chi connectivity index (χ4v) is 1.39. The van der Waals surface area contributed by atoms with Gasteiger partial charge in [0.25, 0.3) is 0 Å². The number of halogens is 1. The summed E-state index contributed by atoms with van der Waals surface area (Å²) in [5.41, 5.74) is 2.51. The first-order valence-electron chi connectivity index (χ1n) is 4.69. The molecule has 0 saturated heterocycles. The molecule has 0 unspecified atom stereocenters. The second-order valence-corrected chi connectivity index (χ2v) is 3.59. The van der Waals surface area contributed by atoms with Gasteiger partial charge in [-0.2, -0.15) is 0 Å². The number of hydrogen-bond acceptors (Lipinski definition) is 1. The standard InChI is InChI=1S/C11H16ClN/c1-3-13-7-6-10-4-5-11(12)9(2)8-10/h4-5,8,13H,3,6-7H2,1-2H3. The average Bonchev–Trinajstić information content (AvgIpc) is 2.12. The number of hydrogen-bond donors (Lipinski definition) is 1. The molecule has 1 nitrogen and oxygen atoms in total. The van der Waals surface area contributed by atoms with Gasteiger partial charge < -0.3 is 5.32 Å². The van der Waals surface area contributed by atoms with E-state index in [0.717, 1.165) is 30.1 Å². The summed E-state index contributed by atoms with van der Waals surface area (Å²) in [6.45, 7) is 6.23. The van der Waals surface area contributed by atoms with Crippen LogP contribution in [0.2, 0.25) is 5.02 Å². The molecular formula is C11H16ClN. The summed E-state index contributed by atoms with van der Waals surface area (Å²) in [5, 5.41) is 4.15. The lowest BCUT2D eigenvalue weighted by molar-refractivity contribution is 0.716. The molecule has 0 bridgehead atoms. The maximum Gasteiger partial charge on any atom is 0.0435 e. The molecule has 1 N–H and O–H groups in total. The van der Waals surface area contributed by atoms with E-state index in [9.17, 15) is 0 Å². The summed E-state index contributed by atoms with van der Waals surface area (Å²) in [6.07, 6.45) is 1.08. The first-order valence-corrected chi connectivity index (χ1v) is 5.07. The Labute approximate surface area is 85.1 Å². The van der Waals surface area contributed by atoms with Gasteiger partial charge >= 0.3 is 0 Å². The van der Waals surface area contributed by atoms with Gasteiger partial charge in [0.1, 0.15) is 0 Å². The third kappa shape index (κ3) is 3.37. The second kappa shape index (κ2) is 5.25. The molecular weight excluding hydrogens is 182 g/mol. The molecule has 72 valence electrons. The highest BCUT2D eigenvalue weighted by Crippen LogP contribution is 2.16. The quantitative estimate of drug-likeness (QED) is 0.733. The molecule has 0 heterocycles. The normalized spacial score (nSPS) is 10.4. The Kier molecular flexibility index (Phi) is 4.26. The van der Waals surface area contributed by atoms with Crippen molar-refractivity contribution in [2.45, 2.75) is 20.3 Å². The highest BCUT2D eigenvalue weighted by atomic mass is 35.5. The SMILES string of the molecule is CCNCCc1ccc(Cl)c(C)c1. The van der Waals surface area contributed by atoms with Crippen molar-refractivity contribution in [2.24, 2.45) is 0 Å². The van der Waals surface area contributed by atoms with Crippen LogP contribution < -0.4 is 5.32 Å². The van der Waals surface area contributed by atoms with Gasteiger partial charge in [-0.3, -0.25) is 0 Å². The molecule has 0 radical (unpaired) electrons. The van der Waals surface area contributed by atoms with Crippen LogP contribution in [-0.2, 0) is 6.42 Å². The lowest BCUT2D eigenvalue weighted by Crippen LogP contribution is -2.16. The van der Waals surface area contributed by atoms with Gasteiger partial charge in [-0.15, -0.1) is 0 Å². The molecule has 0 aliphatic heterocycles. The van der Waals surface area contributed by atoms with Crippen molar-refractivity contribution >= 4 is 11.6 Å². The van der Waals surface area contributed by atoms with Gasteiger partial charge in [0.2, 0.25) is 0 Å². The van der Waals surface area contributed by atoms with Crippen LogP contribution >= 0.6 is 11.6 Å². The first kappa shape index (κ1) is 10.6. The molecule has 0 aromatic heterocycles. The summed E-state index contributed by atoms with van der Waals surface area (Å²) in [5.74, 6) is 0. The van der Waals surface area contributed by atoms with Crippen molar-refractivity contribution in [3.8, 4) is 0 Å². The molecule has 2 heteroatoms. The monoisotopic (exact) mass is 197 g/mol. The second-order valence-electron chi connectivity index (χ2n) is 3.19. The topological polar surface area (TPSA) is 12.0 Å². The number of aryl methyl sites for hydroxylation is 1. The Hall–Kier alpha value is -0.530. The number of benzene rings is 1. The van der Waals surface area contributed by atoms with Gasteiger partial charge in [-0.05, 0) is 43.6 Å². The molecule has 0 spiro atoms. The van der Waals surface area contributed by atoms with Crippen LogP contribution in [-0.4, -0.2) is 13.1 Å². The average molecular weight is 198 g/mol. The van der Waals surface area contributed by atoms with E-state index >= 15 is 0 Å². The minimum atomic E-state index is 0.854. The van der Waals surface area contributed by atoms with E-state index in [1.807, 2.05) is 13.0 Å². The van der Waals surface area contributed by atoms with Crippen molar-refractivity contribution in [3.63, 3.8) is 0 Å². The van der Waals surface area contributed by atoms with Crippen LogP contribution in [0.15, 0.2) is 18.2 Å². The van der Waals surface area contributed by atoms with E-state index in [0.29, 0.717) is 0 Å². The van der Waals surface area contributed by atoms with E-state index in [-0.39, 0.29) is 0 Å². The number of rotatable bonds is 4. The van der Waals surface area contributed by atoms with Gasteiger partial charge in [-0.1, -0.05) is 30.7 Å². The van der Waals surface area contributed by atoms with Gasteiger partial charge in [0, 0.05) is 5.02 Å². The fraction of sp³-hybridized carbons (Fsp3) is 0.455. The van der Waals surface area contributed by atoms with E-state index in [1.165, 1.54) is 5.56 Å². The molecule has 0 amide bonds. The fourth-order valence-electron chi connectivity index (χ4n) is 1.27. The zero-order valence-corrected chi connectivity index (χ0v) is 8.99. The molecule has 1 rings (SSSR count). The summed E-state index contributed by atoms with van der Waals surface area (Å²) in [6, 6.07) is 6.21. The van der Waals surface area contributed by atoms with Crippen LogP contribution in [0.1, 0.15) is 18.1 Å². The maximum atomic E-state index is 5.93. The minimum Gasteiger partial charge on any atom is -0.317 e. The predicted molar refractivity (Wildman–Crippen MR) is 58.4 cm³/mol. The Balaban J connectivity index is 2.53. The van der Waals surface area contributed by atoms with E-state index in [2.05, 4.69) is 24.4 Å². The van der Waals surface area contributed by atoms with E-state index in [4.69, 9.17) is 11.6 Å². The van der Waals surface area contributed by atoms with Gasteiger partial charge in [0.15, 0.2) is 0 Å². The van der Waals surface area contributed by atoms with Crippen molar-refractivity contribution in [1.29, 1.82) is 0 Å². The van der Waals surface area contributed by atoms with Crippen LogP contribution in [0.25, 0.3) is 0 Å². The van der Waals surface area contributed by atoms with Crippen molar-refractivity contribution < 1.29 is 0 Å². The Bertz CT molecular complexity index is 271. The van der Waals surface area contributed by atoms with E-state index in [1.54, 1.807) is 0 Å². The minimum absolute atomic E-state index is 0.854. The predicted octanol–water partition coefficient (Wildman–Crippen LogP) is 2.80. The largest absolute Gasteiger partial charge is 0.317 e. The van der Waals surface area contributed by atoms with Crippen molar-refractivity contribution in [2.75, 3.05) is 13.1 Å². The number of likely N-dealkylation sites (N-methyl/N-ethyl adjacent to an activating group) is 1. The smallest absolute Gasteiger partial charge is 0.0435 e. The molecule has 0 saturated carbocycles. The van der Waals surface area contributed by atoms with Gasteiger partial charge in [-0.25, -0.2) is 0 Å². The molecule has 1 aromatic rings.